The van der Waals surface area contributed by atoms with E-state index >= 15 is 0 Å². The average Bonchev–Trinajstić information content (AvgIpc) is 3.29. The summed E-state index contributed by atoms with van der Waals surface area (Å²) in [6, 6.07) is 29.3. The van der Waals surface area contributed by atoms with Gasteiger partial charge in [0.1, 0.15) is 5.75 Å². The standard InChI is InChI=1S/C12H18O.C12H16O.C12H18.C11H16O.4C2H6/c1-5-9(2)11-6-7-12(13-4)10(3)8-11;1-4-9(2)11-6-5-7-12(8-11)10(3)13;1-5-9(2)12-7-6-10(3)11(4)8-12;1-3-9(2)11-6-4-5-10(7-11)8-12;4*1-2/h6-9H,5H2,1-4H3;5-9H,4H2,1-3H3;6-9H,5H2,1-4H3;4-7,9,12H,3,8H2,1-2H3;4*1-2H3. The Bertz CT molecular complexity index is 1550. The number of ether oxygens (including phenoxy) is 1. The lowest BCUT2D eigenvalue weighted by Crippen LogP contribution is -1.96. The highest BCUT2D eigenvalue weighted by atomic mass is 16.5. The predicted octanol–water partition coefficient (Wildman–Crippen LogP) is 17.5. The van der Waals surface area contributed by atoms with Crippen LogP contribution in [0.15, 0.2) is 84.9 Å². The number of aliphatic hydroxyl groups is 1. The number of hydrogen-bond donors (Lipinski definition) is 1. The van der Waals surface area contributed by atoms with Crippen molar-refractivity contribution in [3.63, 3.8) is 0 Å². The molecule has 0 aliphatic carbocycles. The van der Waals surface area contributed by atoms with Crippen LogP contribution in [-0.4, -0.2) is 18.0 Å². The Hall–Kier alpha value is -3.69. The molecule has 0 saturated carbocycles. The van der Waals surface area contributed by atoms with E-state index in [1.165, 1.54) is 51.8 Å². The summed E-state index contributed by atoms with van der Waals surface area (Å²) in [5, 5.41) is 8.92. The van der Waals surface area contributed by atoms with Crippen LogP contribution >= 0.6 is 0 Å². The second kappa shape index (κ2) is 38.8. The van der Waals surface area contributed by atoms with Crippen LogP contribution in [0.25, 0.3) is 0 Å². The van der Waals surface area contributed by atoms with Gasteiger partial charge in [-0.2, -0.15) is 0 Å². The van der Waals surface area contributed by atoms with E-state index in [1.54, 1.807) is 14.0 Å². The van der Waals surface area contributed by atoms with E-state index in [4.69, 9.17) is 9.84 Å². The SMILES string of the molecule is CC.CC.CC.CC.CCC(C)c1ccc(C)c(C)c1.CCC(C)c1ccc(OC)c(C)c1.CCC(C)c1cccc(C(C)=O)c1.CCC(C)c1cccc(CO)c1. The molecule has 0 spiro atoms. The monoisotopic (exact) mass is 801 g/mol. The molecule has 0 aromatic heterocycles. The molecule has 4 atom stereocenters. The number of hydrogen-bond acceptors (Lipinski definition) is 3. The normalized spacial score (nSPS) is 11.4. The van der Waals surface area contributed by atoms with Gasteiger partial charge in [-0.15, -0.1) is 0 Å². The van der Waals surface area contributed by atoms with Crippen LogP contribution in [0.5, 0.6) is 5.75 Å². The average molecular weight is 801 g/mol. The molecule has 4 aromatic rings. The van der Waals surface area contributed by atoms with Crippen molar-refractivity contribution in [1.29, 1.82) is 0 Å². The molecule has 3 heteroatoms. The Morgan fingerprint density at radius 3 is 1.26 bits per heavy atom. The number of aryl methyl sites for hydroxylation is 3. The third kappa shape index (κ3) is 24.9. The molecule has 0 radical (unpaired) electrons. The van der Waals surface area contributed by atoms with Gasteiger partial charge in [-0.25, -0.2) is 0 Å². The lowest BCUT2D eigenvalue weighted by Gasteiger charge is -2.11. The largest absolute Gasteiger partial charge is 0.496 e. The maximum Gasteiger partial charge on any atom is 0.159 e. The number of methoxy groups -OCH3 is 1. The van der Waals surface area contributed by atoms with Crippen molar-refractivity contribution in [3.05, 3.63) is 135 Å². The van der Waals surface area contributed by atoms with E-state index in [2.05, 4.69) is 131 Å². The summed E-state index contributed by atoms with van der Waals surface area (Å²) in [4.78, 5) is 11.1. The van der Waals surface area contributed by atoms with Gasteiger partial charge in [0.05, 0.1) is 13.7 Å². The molecule has 0 amide bonds. The summed E-state index contributed by atoms with van der Waals surface area (Å²) in [6.07, 6.45) is 4.67. The molecule has 0 fully saturated rings. The highest BCUT2D eigenvalue weighted by Crippen LogP contribution is 2.25. The molecule has 0 aliphatic heterocycles. The summed E-state index contributed by atoms with van der Waals surface area (Å²) < 4.78 is 5.21. The highest BCUT2D eigenvalue weighted by molar-refractivity contribution is 5.94. The molecule has 0 heterocycles. The van der Waals surface area contributed by atoms with Crippen LogP contribution in [0.3, 0.4) is 0 Å². The van der Waals surface area contributed by atoms with Crippen molar-refractivity contribution < 1.29 is 14.6 Å². The van der Waals surface area contributed by atoms with Crippen molar-refractivity contribution in [1.82, 2.24) is 0 Å². The van der Waals surface area contributed by atoms with Crippen LogP contribution in [0.4, 0.5) is 0 Å². The number of aliphatic hydroxyl groups excluding tert-OH is 1. The minimum absolute atomic E-state index is 0.143. The minimum atomic E-state index is 0.143. The van der Waals surface area contributed by atoms with Crippen LogP contribution < -0.4 is 4.74 Å². The lowest BCUT2D eigenvalue weighted by molar-refractivity contribution is 0.101. The van der Waals surface area contributed by atoms with Gasteiger partial charge in [-0.1, -0.05) is 184 Å². The molecule has 3 nitrogen and oxygen atoms in total. The first-order valence-electron chi connectivity index (χ1n) is 22.8. The number of Topliss-reactive ketones (excluding diaryl/α,β-unsaturated/α-hetero) is 1. The fourth-order valence-electron chi connectivity index (χ4n) is 5.28. The summed E-state index contributed by atoms with van der Waals surface area (Å²) in [6.45, 7) is 41.9. The van der Waals surface area contributed by atoms with E-state index in [1.807, 2.05) is 85.7 Å². The Morgan fingerprint density at radius 2 is 0.897 bits per heavy atom. The summed E-state index contributed by atoms with van der Waals surface area (Å²) in [7, 11) is 1.71. The van der Waals surface area contributed by atoms with Crippen molar-refractivity contribution in [2.24, 2.45) is 0 Å². The molecule has 0 aliphatic rings. The van der Waals surface area contributed by atoms with Gasteiger partial charge in [0.15, 0.2) is 5.78 Å². The van der Waals surface area contributed by atoms with Crippen molar-refractivity contribution >= 4 is 5.78 Å². The van der Waals surface area contributed by atoms with E-state index < -0.39 is 0 Å². The van der Waals surface area contributed by atoms with E-state index in [0.29, 0.717) is 23.7 Å². The molecule has 330 valence electrons. The van der Waals surface area contributed by atoms with Gasteiger partial charge in [0.25, 0.3) is 0 Å². The Kier molecular flexibility index (Phi) is 40.8. The van der Waals surface area contributed by atoms with Gasteiger partial charge in [-0.3, -0.25) is 4.79 Å². The maximum absolute atomic E-state index is 11.1. The lowest BCUT2D eigenvalue weighted by atomic mass is 9.95. The number of ketones is 1. The molecule has 1 N–H and O–H groups in total. The van der Waals surface area contributed by atoms with Crippen LogP contribution in [0, 0.1) is 20.8 Å². The van der Waals surface area contributed by atoms with Crippen molar-refractivity contribution in [2.45, 2.75) is 194 Å². The number of carbonyl (C=O) groups is 1. The van der Waals surface area contributed by atoms with Crippen molar-refractivity contribution in [2.75, 3.05) is 7.11 Å². The van der Waals surface area contributed by atoms with E-state index in [0.717, 1.165) is 29.7 Å². The number of carbonyl (C=O) groups excluding carboxylic acids is 1. The molecule has 4 unspecified atom stereocenters. The Labute approximate surface area is 361 Å². The van der Waals surface area contributed by atoms with Gasteiger partial charge in [0.2, 0.25) is 0 Å². The quantitative estimate of drug-likeness (QED) is 0.154. The fourth-order valence-corrected chi connectivity index (χ4v) is 5.28. The fraction of sp³-hybridized carbons (Fsp3) is 0.545. The Balaban J connectivity index is -0.000000316. The maximum atomic E-state index is 11.1. The van der Waals surface area contributed by atoms with E-state index in [9.17, 15) is 4.79 Å². The zero-order valence-corrected chi connectivity index (χ0v) is 41.7. The minimum Gasteiger partial charge on any atom is -0.496 e. The zero-order chi connectivity index (χ0) is 45.8. The topological polar surface area (TPSA) is 46.5 Å². The molecule has 4 rings (SSSR count). The van der Waals surface area contributed by atoms with Crippen LogP contribution in [-0.2, 0) is 6.61 Å². The third-order valence-electron chi connectivity index (χ3n) is 10.1. The first-order chi connectivity index (χ1) is 27.8. The molecule has 0 saturated heterocycles. The van der Waals surface area contributed by atoms with Gasteiger partial charge >= 0.3 is 0 Å². The molecule has 58 heavy (non-hydrogen) atoms. The predicted molar refractivity (Wildman–Crippen MR) is 263 cm³/mol. The van der Waals surface area contributed by atoms with Gasteiger partial charge < -0.3 is 9.84 Å². The van der Waals surface area contributed by atoms with Crippen LogP contribution in [0.2, 0.25) is 0 Å². The number of benzene rings is 4. The summed E-state index contributed by atoms with van der Waals surface area (Å²) >= 11 is 0. The highest BCUT2D eigenvalue weighted by Gasteiger charge is 2.07. The van der Waals surface area contributed by atoms with E-state index in [-0.39, 0.29) is 12.4 Å². The smallest absolute Gasteiger partial charge is 0.159 e. The third-order valence-corrected chi connectivity index (χ3v) is 10.1. The second-order valence-electron chi connectivity index (χ2n) is 13.9. The first kappa shape index (κ1) is 61.0. The van der Waals surface area contributed by atoms with Crippen molar-refractivity contribution in [3.8, 4) is 5.75 Å². The van der Waals surface area contributed by atoms with Crippen LogP contribution in [0.1, 0.15) is 222 Å². The number of rotatable bonds is 11. The van der Waals surface area contributed by atoms with Gasteiger partial charge in [-0.05, 0) is 134 Å². The Morgan fingerprint density at radius 1 is 0.517 bits per heavy atom. The first-order valence-corrected chi connectivity index (χ1v) is 22.8. The molecular weight excluding hydrogens is 709 g/mol. The molecule has 4 aromatic carbocycles. The summed E-state index contributed by atoms with van der Waals surface area (Å²) in [5.41, 5.74) is 11.3. The zero-order valence-electron chi connectivity index (χ0n) is 41.7. The summed E-state index contributed by atoms with van der Waals surface area (Å²) in [5.74, 6) is 3.60. The molecule has 0 bridgehead atoms. The molecular formula is C55H92O3. The second-order valence-corrected chi connectivity index (χ2v) is 13.9. The van der Waals surface area contributed by atoms with Gasteiger partial charge in [0, 0.05) is 5.56 Å².